The molecule has 0 bridgehead atoms. The summed E-state index contributed by atoms with van der Waals surface area (Å²) in [4.78, 5) is 16.6. The van der Waals surface area contributed by atoms with Crippen molar-refractivity contribution in [2.75, 3.05) is 5.32 Å². The average molecular weight is 557 g/mol. The standard InChI is InChI=1S/C27H27F3N6O2S/c1-17(2)22-5-3-4-6-23(22)33-26(39)34-25(37)31-15-18-7-9-19(10-8-18)24-32-16-36(35-24)20-11-13-21(14-12-20)38-27(28,29)30/h3-14,16-17,26,33,39H,15H2,1-2H3,(H2,31,34,37). The van der Waals surface area contributed by atoms with Crippen LogP contribution in [-0.2, 0) is 6.54 Å². The monoisotopic (exact) mass is 556 g/mol. The molecular formula is C27H27F3N6O2S. The molecule has 0 radical (unpaired) electrons. The van der Waals surface area contributed by atoms with Gasteiger partial charge in [0.2, 0.25) is 0 Å². The van der Waals surface area contributed by atoms with Crippen LogP contribution in [0, 0.1) is 0 Å². The minimum absolute atomic E-state index is 0.295. The fourth-order valence-corrected chi connectivity index (χ4v) is 4.02. The lowest BCUT2D eigenvalue weighted by Gasteiger charge is -2.20. The Bertz CT molecular complexity index is 1390. The molecule has 1 heterocycles. The van der Waals surface area contributed by atoms with Crippen molar-refractivity contribution in [3.63, 3.8) is 0 Å². The summed E-state index contributed by atoms with van der Waals surface area (Å²) < 4.78 is 42.4. The molecule has 204 valence electrons. The second kappa shape index (κ2) is 12.1. The number of ether oxygens (including phenoxy) is 1. The zero-order valence-electron chi connectivity index (χ0n) is 21.1. The van der Waals surface area contributed by atoms with Crippen LogP contribution in [0.4, 0.5) is 23.7 Å². The molecule has 0 aliphatic rings. The maximum absolute atomic E-state index is 12.4. The lowest BCUT2D eigenvalue weighted by molar-refractivity contribution is -0.274. The first-order valence-corrected chi connectivity index (χ1v) is 12.5. The van der Waals surface area contributed by atoms with Gasteiger partial charge in [-0.1, -0.05) is 56.3 Å². The molecule has 8 nitrogen and oxygen atoms in total. The van der Waals surface area contributed by atoms with Crippen LogP contribution < -0.4 is 20.7 Å². The fraction of sp³-hybridized carbons (Fsp3) is 0.222. The SMILES string of the molecule is CC(C)c1ccccc1NC(S)NC(=O)NCc1ccc(-c2ncn(-c3ccc(OC(F)(F)F)cc3)n2)cc1. The first-order chi connectivity index (χ1) is 18.6. The van der Waals surface area contributed by atoms with Crippen LogP contribution in [0.1, 0.15) is 30.9 Å². The Morgan fingerprint density at radius 3 is 2.38 bits per heavy atom. The molecule has 1 unspecified atom stereocenters. The summed E-state index contributed by atoms with van der Waals surface area (Å²) in [5, 5.41) is 13.1. The molecule has 0 fully saturated rings. The number of halogens is 3. The summed E-state index contributed by atoms with van der Waals surface area (Å²) in [6.45, 7) is 4.49. The molecule has 0 aliphatic heterocycles. The molecule has 1 aromatic heterocycles. The van der Waals surface area contributed by atoms with Crippen molar-refractivity contribution in [2.24, 2.45) is 0 Å². The van der Waals surface area contributed by atoms with Crippen molar-refractivity contribution in [3.8, 4) is 22.8 Å². The normalized spacial score (nSPS) is 12.2. The molecule has 0 saturated carbocycles. The number of nitrogens with one attached hydrogen (secondary N) is 3. The van der Waals surface area contributed by atoms with Gasteiger partial charge >= 0.3 is 12.4 Å². The number of para-hydroxylation sites is 1. The number of hydrogen-bond donors (Lipinski definition) is 4. The third-order valence-corrected chi connectivity index (χ3v) is 5.89. The van der Waals surface area contributed by atoms with Gasteiger partial charge in [-0.25, -0.2) is 14.5 Å². The van der Waals surface area contributed by atoms with Gasteiger partial charge in [-0.3, -0.25) is 0 Å². The Labute approximate surface area is 229 Å². The molecule has 1 atom stereocenters. The average Bonchev–Trinajstić information content (AvgIpc) is 3.38. The van der Waals surface area contributed by atoms with E-state index in [1.54, 1.807) is 0 Å². The van der Waals surface area contributed by atoms with Crippen molar-refractivity contribution in [3.05, 3.63) is 90.3 Å². The third kappa shape index (κ3) is 7.90. The Morgan fingerprint density at radius 1 is 1.03 bits per heavy atom. The van der Waals surface area contributed by atoms with Gasteiger partial charge in [-0.05, 0) is 47.4 Å². The van der Waals surface area contributed by atoms with Crippen LogP contribution in [0.15, 0.2) is 79.1 Å². The van der Waals surface area contributed by atoms with E-state index in [-0.39, 0.29) is 11.8 Å². The Morgan fingerprint density at radius 2 is 1.72 bits per heavy atom. The highest BCUT2D eigenvalue weighted by Crippen LogP contribution is 2.25. The molecule has 0 saturated heterocycles. The molecule has 3 aromatic carbocycles. The van der Waals surface area contributed by atoms with E-state index in [0.717, 1.165) is 22.4 Å². The van der Waals surface area contributed by atoms with Crippen LogP contribution >= 0.6 is 12.6 Å². The van der Waals surface area contributed by atoms with Gasteiger partial charge in [0.15, 0.2) is 5.82 Å². The number of nitrogens with zero attached hydrogens (tertiary/aromatic N) is 3. The fourth-order valence-electron chi connectivity index (χ4n) is 3.76. The lowest BCUT2D eigenvalue weighted by Crippen LogP contribution is -2.42. The van der Waals surface area contributed by atoms with Crippen LogP contribution in [-0.4, -0.2) is 32.7 Å². The van der Waals surface area contributed by atoms with Crippen LogP contribution in [0.2, 0.25) is 0 Å². The van der Waals surface area contributed by atoms with E-state index < -0.39 is 11.9 Å². The van der Waals surface area contributed by atoms with E-state index in [0.29, 0.717) is 24.0 Å². The first-order valence-electron chi connectivity index (χ1n) is 12.0. The number of carbonyl (C=O) groups excluding carboxylic acids is 1. The van der Waals surface area contributed by atoms with Crippen LogP contribution in [0.5, 0.6) is 5.75 Å². The van der Waals surface area contributed by atoms with Gasteiger partial charge in [0, 0.05) is 17.8 Å². The Kier molecular flexibility index (Phi) is 8.65. The molecule has 0 aliphatic carbocycles. The van der Waals surface area contributed by atoms with Crippen molar-refractivity contribution < 1.29 is 22.7 Å². The molecule has 4 aromatic rings. The highest BCUT2D eigenvalue weighted by atomic mass is 32.1. The smallest absolute Gasteiger partial charge is 0.406 e. The number of rotatable bonds is 9. The number of hydrogen-bond acceptors (Lipinski definition) is 6. The summed E-state index contributed by atoms with van der Waals surface area (Å²) in [5.74, 6) is 0.443. The lowest BCUT2D eigenvalue weighted by atomic mass is 10.0. The van der Waals surface area contributed by atoms with E-state index in [9.17, 15) is 18.0 Å². The van der Waals surface area contributed by atoms with Gasteiger partial charge in [-0.2, -0.15) is 0 Å². The zero-order valence-corrected chi connectivity index (χ0v) is 22.0. The largest absolute Gasteiger partial charge is 0.573 e. The summed E-state index contributed by atoms with van der Waals surface area (Å²) in [6.07, 6.45) is -3.28. The third-order valence-electron chi connectivity index (χ3n) is 5.63. The molecule has 0 spiro atoms. The topological polar surface area (TPSA) is 93.1 Å². The van der Waals surface area contributed by atoms with E-state index in [1.807, 2.05) is 48.5 Å². The summed E-state index contributed by atoms with van der Waals surface area (Å²) in [7, 11) is 0. The molecule has 12 heteroatoms. The molecule has 39 heavy (non-hydrogen) atoms. The highest BCUT2D eigenvalue weighted by molar-refractivity contribution is 7.81. The minimum Gasteiger partial charge on any atom is -0.406 e. The van der Waals surface area contributed by atoms with Crippen molar-refractivity contribution in [1.82, 2.24) is 25.4 Å². The van der Waals surface area contributed by atoms with Gasteiger partial charge in [0.05, 0.1) is 5.69 Å². The molecule has 4 rings (SSSR count). The number of amides is 2. The second-order valence-electron chi connectivity index (χ2n) is 8.87. The zero-order chi connectivity index (χ0) is 28.0. The second-order valence-corrected chi connectivity index (χ2v) is 9.38. The van der Waals surface area contributed by atoms with Gasteiger partial charge in [0.25, 0.3) is 0 Å². The molecular weight excluding hydrogens is 529 g/mol. The van der Waals surface area contributed by atoms with Crippen molar-refractivity contribution >= 4 is 24.3 Å². The number of aromatic nitrogens is 3. The van der Waals surface area contributed by atoms with Crippen molar-refractivity contribution in [1.29, 1.82) is 0 Å². The Hall–Kier alpha value is -4.19. The number of alkyl halides is 3. The Balaban J connectivity index is 1.29. The number of anilines is 1. The van der Waals surface area contributed by atoms with E-state index >= 15 is 0 Å². The number of benzene rings is 3. The molecule has 2 amide bonds. The highest BCUT2D eigenvalue weighted by Gasteiger charge is 2.31. The van der Waals surface area contributed by atoms with Gasteiger partial charge in [0.1, 0.15) is 17.6 Å². The summed E-state index contributed by atoms with van der Waals surface area (Å²) in [5.41, 5.74) is 3.59. The van der Waals surface area contributed by atoms with Crippen LogP contribution in [0.25, 0.3) is 17.1 Å². The molecule has 3 N–H and O–H groups in total. The predicted molar refractivity (Wildman–Crippen MR) is 146 cm³/mol. The first kappa shape index (κ1) is 27.8. The number of carbonyl (C=O) groups is 1. The summed E-state index contributed by atoms with van der Waals surface area (Å²) in [6, 6.07) is 20.1. The van der Waals surface area contributed by atoms with Gasteiger partial charge < -0.3 is 20.7 Å². The summed E-state index contributed by atoms with van der Waals surface area (Å²) >= 11 is 4.43. The van der Waals surface area contributed by atoms with Gasteiger partial charge in [-0.15, -0.1) is 30.9 Å². The van der Waals surface area contributed by atoms with E-state index in [4.69, 9.17) is 0 Å². The van der Waals surface area contributed by atoms with Crippen molar-refractivity contribution in [2.45, 2.75) is 38.2 Å². The van der Waals surface area contributed by atoms with E-state index in [2.05, 4.69) is 57.2 Å². The van der Waals surface area contributed by atoms with E-state index in [1.165, 1.54) is 35.3 Å². The maximum Gasteiger partial charge on any atom is 0.573 e. The quantitative estimate of drug-likeness (QED) is 0.148. The van der Waals surface area contributed by atoms with Crippen LogP contribution in [0.3, 0.4) is 0 Å². The maximum atomic E-state index is 12.4. The number of thiol groups is 1. The predicted octanol–water partition coefficient (Wildman–Crippen LogP) is 6.08. The minimum atomic E-state index is -4.75. The number of urea groups is 1.